The first kappa shape index (κ1) is 20.9. The number of sulfonamides is 1. The van der Waals surface area contributed by atoms with E-state index in [1.54, 1.807) is 23.1 Å². The number of hydrogen-bond donors (Lipinski definition) is 0. The Morgan fingerprint density at radius 3 is 2.50 bits per heavy atom. The number of rotatable bonds is 7. The molecule has 2 aromatic rings. The van der Waals surface area contributed by atoms with Crippen molar-refractivity contribution in [3.8, 4) is 0 Å². The summed E-state index contributed by atoms with van der Waals surface area (Å²) >= 11 is 1.52. The van der Waals surface area contributed by atoms with Crippen LogP contribution in [0.15, 0.2) is 58.3 Å². The number of nitrogens with zero attached hydrogens (tertiary/aromatic N) is 2. The first-order valence-electron chi connectivity index (χ1n) is 9.58. The lowest BCUT2D eigenvalue weighted by atomic mass is 10.0. The molecule has 0 N–H and O–H groups in total. The monoisotopic (exact) mass is 418 g/mol. The molecular weight excluding hydrogens is 392 g/mol. The van der Waals surface area contributed by atoms with Crippen molar-refractivity contribution in [2.24, 2.45) is 0 Å². The zero-order valence-electron chi connectivity index (χ0n) is 16.3. The second-order valence-electron chi connectivity index (χ2n) is 6.63. The van der Waals surface area contributed by atoms with Crippen LogP contribution in [0.2, 0.25) is 0 Å². The van der Waals surface area contributed by atoms with Gasteiger partial charge in [-0.05, 0) is 48.7 Å². The van der Waals surface area contributed by atoms with Gasteiger partial charge in [-0.15, -0.1) is 11.8 Å². The van der Waals surface area contributed by atoms with Gasteiger partial charge in [-0.3, -0.25) is 4.79 Å². The zero-order chi connectivity index (χ0) is 20.1. The predicted molar refractivity (Wildman–Crippen MR) is 114 cm³/mol. The van der Waals surface area contributed by atoms with Crippen LogP contribution in [0.25, 0.3) is 0 Å². The summed E-state index contributed by atoms with van der Waals surface area (Å²) < 4.78 is 27.0. The normalized spacial score (nSPS) is 14.2. The van der Waals surface area contributed by atoms with Gasteiger partial charge in [0.15, 0.2) is 0 Å². The highest BCUT2D eigenvalue weighted by molar-refractivity contribution is 8.00. The van der Waals surface area contributed by atoms with Crippen molar-refractivity contribution in [3.05, 3.63) is 54.1 Å². The molecule has 0 unspecified atom stereocenters. The van der Waals surface area contributed by atoms with E-state index in [1.807, 2.05) is 44.2 Å². The molecule has 0 saturated carbocycles. The third-order valence-corrected chi connectivity index (χ3v) is 7.96. The lowest BCUT2D eigenvalue weighted by molar-refractivity contribution is -0.116. The van der Waals surface area contributed by atoms with E-state index in [-0.39, 0.29) is 5.91 Å². The molecule has 0 fully saturated rings. The van der Waals surface area contributed by atoms with E-state index in [2.05, 4.69) is 0 Å². The quantitative estimate of drug-likeness (QED) is 0.642. The lowest BCUT2D eigenvalue weighted by Gasteiger charge is -2.30. The molecule has 0 radical (unpaired) electrons. The van der Waals surface area contributed by atoms with Crippen molar-refractivity contribution in [3.63, 3.8) is 0 Å². The number of aryl methyl sites for hydroxylation is 1. The van der Waals surface area contributed by atoms with Gasteiger partial charge >= 0.3 is 0 Å². The molecule has 150 valence electrons. The largest absolute Gasteiger partial charge is 0.311 e. The molecule has 5 nitrogen and oxygen atoms in total. The van der Waals surface area contributed by atoms with Crippen molar-refractivity contribution >= 4 is 33.4 Å². The van der Waals surface area contributed by atoms with E-state index in [9.17, 15) is 13.2 Å². The number of hydrogen-bond acceptors (Lipinski definition) is 4. The average Bonchev–Trinajstić information content (AvgIpc) is 2.72. The molecule has 7 heteroatoms. The van der Waals surface area contributed by atoms with Crippen LogP contribution in [-0.4, -0.2) is 44.0 Å². The predicted octanol–water partition coefficient (Wildman–Crippen LogP) is 3.79. The van der Waals surface area contributed by atoms with Crippen molar-refractivity contribution in [2.45, 2.75) is 36.5 Å². The summed E-state index contributed by atoms with van der Waals surface area (Å²) in [5, 5.41) is 0. The molecule has 0 aliphatic carbocycles. The standard InChI is InChI=1S/C21H26N2O3S2/c1-3-22(4-2)28(25,26)19-12-13-20-17(15-19)9-8-14-23(20)21(24)16-27-18-10-6-5-7-11-18/h5-7,10-13,15H,3-4,8-9,14,16H2,1-2H3. The third-order valence-electron chi connectivity index (χ3n) is 4.92. The zero-order valence-corrected chi connectivity index (χ0v) is 17.9. The Bertz CT molecular complexity index is 926. The summed E-state index contributed by atoms with van der Waals surface area (Å²) in [6, 6.07) is 15.0. The first-order chi connectivity index (χ1) is 13.5. The van der Waals surface area contributed by atoms with E-state index in [0.29, 0.717) is 30.3 Å². The molecule has 28 heavy (non-hydrogen) atoms. The van der Waals surface area contributed by atoms with Crippen LogP contribution in [-0.2, 0) is 21.2 Å². The highest BCUT2D eigenvalue weighted by Gasteiger charge is 2.27. The maximum absolute atomic E-state index is 12.8. The summed E-state index contributed by atoms with van der Waals surface area (Å²) in [7, 11) is -3.49. The minimum Gasteiger partial charge on any atom is -0.311 e. The maximum Gasteiger partial charge on any atom is 0.243 e. The molecule has 2 aromatic carbocycles. The van der Waals surface area contributed by atoms with Crippen LogP contribution in [0.3, 0.4) is 0 Å². The Balaban J connectivity index is 1.80. The molecule has 0 bridgehead atoms. The van der Waals surface area contributed by atoms with Gasteiger partial charge in [0, 0.05) is 30.2 Å². The summed E-state index contributed by atoms with van der Waals surface area (Å²) in [5.41, 5.74) is 1.76. The fourth-order valence-corrected chi connectivity index (χ4v) is 5.75. The Morgan fingerprint density at radius 2 is 1.82 bits per heavy atom. The van der Waals surface area contributed by atoms with Gasteiger partial charge in [0.2, 0.25) is 15.9 Å². The number of amides is 1. The summed E-state index contributed by atoms with van der Waals surface area (Å²) in [6.07, 6.45) is 1.62. The Labute approximate surface area is 171 Å². The number of benzene rings is 2. The van der Waals surface area contributed by atoms with Gasteiger partial charge in [-0.2, -0.15) is 4.31 Å². The molecular formula is C21H26N2O3S2. The Hall–Kier alpha value is -1.83. The lowest BCUT2D eigenvalue weighted by Crippen LogP contribution is -2.37. The van der Waals surface area contributed by atoms with Gasteiger partial charge in [0.05, 0.1) is 10.6 Å². The maximum atomic E-state index is 12.8. The van der Waals surface area contributed by atoms with Crippen LogP contribution >= 0.6 is 11.8 Å². The SMILES string of the molecule is CCN(CC)S(=O)(=O)c1ccc2c(c1)CCCN2C(=O)CSc1ccccc1. The van der Waals surface area contributed by atoms with Crippen molar-refractivity contribution in [2.75, 3.05) is 30.3 Å². The molecule has 0 spiro atoms. The van der Waals surface area contributed by atoms with E-state index in [4.69, 9.17) is 0 Å². The summed E-state index contributed by atoms with van der Waals surface area (Å²) in [6.45, 7) is 5.23. The van der Waals surface area contributed by atoms with E-state index in [0.717, 1.165) is 29.0 Å². The number of carbonyl (C=O) groups excluding carboxylic acids is 1. The van der Waals surface area contributed by atoms with Gasteiger partial charge < -0.3 is 4.90 Å². The summed E-state index contributed by atoms with van der Waals surface area (Å²) in [5.74, 6) is 0.414. The van der Waals surface area contributed by atoms with E-state index in [1.165, 1.54) is 16.1 Å². The minimum absolute atomic E-state index is 0.0501. The fourth-order valence-electron chi connectivity index (χ4n) is 3.45. The molecule has 1 aliphatic rings. The Kier molecular flexibility index (Phi) is 6.80. The van der Waals surface area contributed by atoms with Crippen LogP contribution in [0, 0.1) is 0 Å². The van der Waals surface area contributed by atoms with Gasteiger partial charge in [-0.1, -0.05) is 32.0 Å². The van der Waals surface area contributed by atoms with E-state index < -0.39 is 10.0 Å². The van der Waals surface area contributed by atoms with Crippen LogP contribution < -0.4 is 4.90 Å². The Morgan fingerprint density at radius 1 is 1.11 bits per heavy atom. The molecule has 1 amide bonds. The molecule has 3 rings (SSSR count). The van der Waals surface area contributed by atoms with E-state index >= 15 is 0 Å². The number of fused-ring (bicyclic) bond motifs is 1. The average molecular weight is 419 g/mol. The smallest absolute Gasteiger partial charge is 0.243 e. The van der Waals surface area contributed by atoms with Crippen molar-refractivity contribution < 1.29 is 13.2 Å². The van der Waals surface area contributed by atoms with Crippen LogP contribution in [0.5, 0.6) is 0 Å². The van der Waals surface area contributed by atoms with Crippen LogP contribution in [0.1, 0.15) is 25.8 Å². The number of anilines is 1. The first-order valence-corrected chi connectivity index (χ1v) is 12.0. The second kappa shape index (κ2) is 9.11. The molecule has 0 atom stereocenters. The van der Waals surface area contributed by atoms with Crippen molar-refractivity contribution in [1.29, 1.82) is 0 Å². The topological polar surface area (TPSA) is 57.7 Å². The fraction of sp³-hybridized carbons (Fsp3) is 0.381. The molecule has 0 aromatic heterocycles. The molecule has 0 saturated heterocycles. The number of thioether (sulfide) groups is 1. The minimum atomic E-state index is -3.49. The summed E-state index contributed by atoms with van der Waals surface area (Å²) in [4.78, 5) is 16.0. The highest BCUT2D eigenvalue weighted by atomic mass is 32.2. The highest BCUT2D eigenvalue weighted by Crippen LogP contribution is 2.31. The molecule has 1 heterocycles. The van der Waals surface area contributed by atoms with Crippen LogP contribution in [0.4, 0.5) is 5.69 Å². The number of carbonyl (C=O) groups is 1. The second-order valence-corrected chi connectivity index (χ2v) is 9.62. The van der Waals surface area contributed by atoms with Crippen molar-refractivity contribution in [1.82, 2.24) is 4.31 Å². The van der Waals surface area contributed by atoms with Gasteiger partial charge in [0.25, 0.3) is 0 Å². The molecule has 1 aliphatic heterocycles. The van der Waals surface area contributed by atoms with Gasteiger partial charge in [0.1, 0.15) is 0 Å². The third kappa shape index (κ3) is 4.42. The van der Waals surface area contributed by atoms with Gasteiger partial charge in [-0.25, -0.2) is 8.42 Å².